The minimum atomic E-state index is -4.05. The van der Waals surface area contributed by atoms with E-state index in [2.05, 4.69) is 15.5 Å². The maximum absolute atomic E-state index is 13.9. The largest absolute Gasteiger partial charge is 0.497 e. The molecule has 1 atom stereocenters. The average Bonchev–Trinajstić information content (AvgIpc) is 3.40. The number of hydrogen-bond donors (Lipinski definition) is 1. The molecule has 0 spiro atoms. The van der Waals surface area contributed by atoms with Crippen LogP contribution < -0.4 is 19.1 Å². The third-order valence-electron chi connectivity index (χ3n) is 6.59. The lowest BCUT2D eigenvalue weighted by molar-refractivity contribution is -0.122. The number of carbonyl (C=O) groups excluding carboxylic acids is 1. The highest BCUT2D eigenvalue weighted by molar-refractivity contribution is 7.92. The number of ether oxygens (including phenoxy) is 2. The molecule has 1 aliphatic heterocycles. The molecule has 1 unspecified atom stereocenters. The van der Waals surface area contributed by atoms with Gasteiger partial charge in [-0.25, -0.2) is 8.42 Å². The topological polar surface area (TPSA) is 111 Å². The fraction of sp³-hybridized carbons (Fsp3) is 0.276. The van der Waals surface area contributed by atoms with Crippen LogP contribution in [0, 0.1) is 6.92 Å². The van der Waals surface area contributed by atoms with Crippen molar-refractivity contribution in [2.45, 2.75) is 44.1 Å². The SMILES string of the molecule is COc1ccc(S(=O)(=O)N2CC(C(=O)Nc3nnc(-c4ccc(C)cc4)s3)Oc3ccc(C(C)(C)C)cc32)cc1. The van der Waals surface area contributed by atoms with Crippen LogP contribution in [0.3, 0.4) is 0 Å². The van der Waals surface area contributed by atoms with E-state index in [-0.39, 0.29) is 16.9 Å². The van der Waals surface area contributed by atoms with Crippen LogP contribution in [0.15, 0.2) is 71.6 Å². The van der Waals surface area contributed by atoms with Crippen molar-refractivity contribution in [3.63, 3.8) is 0 Å². The Hall–Kier alpha value is -3.96. The Morgan fingerprint density at radius 3 is 2.40 bits per heavy atom. The van der Waals surface area contributed by atoms with E-state index in [4.69, 9.17) is 9.47 Å². The van der Waals surface area contributed by atoms with E-state index in [9.17, 15) is 13.2 Å². The fourth-order valence-electron chi connectivity index (χ4n) is 4.23. The van der Waals surface area contributed by atoms with Crippen LogP contribution in [0.25, 0.3) is 10.6 Å². The van der Waals surface area contributed by atoms with Gasteiger partial charge in [-0.1, -0.05) is 68.0 Å². The summed E-state index contributed by atoms with van der Waals surface area (Å²) < 4.78 is 40.3. The quantitative estimate of drug-likeness (QED) is 0.326. The summed E-state index contributed by atoms with van der Waals surface area (Å²) in [5.41, 5.74) is 3.10. The zero-order valence-corrected chi connectivity index (χ0v) is 24.5. The van der Waals surface area contributed by atoms with Crippen LogP contribution in [-0.4, -0.2) is 44.3 Å². The van der Waals surface area contributed by atoms with Crippen molar-refractivity contribution in [3.8, 4) is 22.1 Å². The number of methoxy groups -OCH3 is 1. The van der Waals surface area contributed by atoms with Crippen molar-refractivity contribution < 1.29 is 22.7 Å². The standard InChI is InChI=1S/C29H30N4O5S2/c1-18-6-8-19(9-7-18)27-31-32-28(39-27)30-26(34)25-17-33(40(35,36)22-13-11-21(37-5)12-14-22)23-16-20(29(2,3)4)10-15-24(23)38-25/h6-16,25H,17H2,1-5H3,(H,30,32,34). The molecule has 0 saturated carbocycles. The summed E-state index contributed by atoms with van der Waals surface area (Å²) in [5, 5.41) is 12.0. The normalized spacial score (nSPS) is 15.2. The molecule has 9 nitrogen and oxygen atoms in total. The second-order valence-electron chi connectivity index (χ2n) is 10.5. The highest BCUT2D eigenvalue weighted by atomic mass is 32.2. The van der Waals surface area contributed by atoms with Crippen LogP contribution in [0.4, 0.5) is 10.8 Å². The van der Waals surface area contributed by atoms with Crippen molar-refractivity contribution in [1.29, 1.82) is 0 Å². The van der Waals surface area contributed by atoms with Gasteiger partial charge in [0.05, 0.1) is 24.2 Å². The molecule has 40 heavy (non-hydrogen) atoms. The van der Waals surface area contributed by atoms with Crippen LogP contribution in [-0.2, 0) is 20.2 Å². The molecule has 1 aliphatic rings. The van der Waals surface area contributed by atoms with Crippen molar-refractivity contribution in [2.24, 2.45) is 0 Å². The summed E-state index contributed by atoms with van der Waals surface area (Å²) >= 11 is 1.23. The Kier molecular flexibility index (Phi) is 7.28. The minimum absolute atomic E-state index is 0.0772. The lowest BCUT2D eigenvalue weighted by Gasteiger charge is -2.35. The van der Waals surface area contributed by atoms with Gasteiger partial charge in [0, 0.05) is 5.56 Å². The predicted molar refractivity (Wildman–Crippen MR) is 156 cm³/mol. The van der Waals surface area contributed by atoms with Gasteiger partial charge >= 0.3 is 0 Å². The molecular weight excluding hydrogens is 548 g/mol. The van der Waals surface area contributed by atoms with Crippen LogP contribution in [0.1, 0.15) is 31.9 Å². The first kappa shape index (κ1) is 27.6. The zero-order valence-electron chi connectivity index (χ0n) is 22.8. The molecular formula is C29H30N4O5S2. The van der Waals surface area contributed by atoms with E-state index in [1.807, 2.05) is 64.1 Å². The first-order chi connectivity index (χ1) is 19.0. The number of sulfonamides is 1. The Morgan fingerprint density at radius 1 is 1.05 bits per heavy atom. The first-order valence-corrected chi connectivity index (χ1v) is 14.9. The lowest BCUT2D eigenvalue weighted by atomic mass is 9.86. The summed E-state index contributed by atoms with van der Waals surface area (Å²) in [5.74, 6) is 0.317. The number of nitrogens with zero attached hydrogens (tertiary/aromatic N) is 3. The summed E-state index contributed by atoms with van der Waals surface area (Å²) in [6.07, 6.45) is -1.12. The molecule has 4 aromatic rings. The number of anilines is 2. The Labute approximate surface area is 237 Å². The number of amides is 1. The molecule has 0 fully saturated rings. The number of aromatic nitrogens is 2. The monoisotopic (exact) mass is 578 g/mol. The molecule has 1 amide bonds. The van der Waals surface area contributed by atoms with Gasteiger partial charge < -0.3 is 9.47 Å². The summed E-state index contributed by atoms with van der Waals surface area (Å²) in [6, 6.07) is 19.4. The van der Waals surface area contributed by atoms with E-state index in [0.29, 0.717) is 27.3 Å². The van der Waals surface area contributed by atoms with Gasteiger partial charge in [-0.15, -0.1) is 10.2 Å². The molecule has 0 saturated heterocycles. The molecule has 0 bridgehead atoms. The molecule has 1 aromatic heterocycles. The number of rotatable bonds is 6. The number of benzene rings is 3. The molecule has 208 valence electrons. The molecule has 5 rings (SSSR count). The van der Waals surface area contributed by atoms with E-state index in [1.165, 1.54) is 34.9 Å². The third-order valence-corrected chi connectivity index (χ3v) is 9.27. The summed E-state index contributed by atoms with van der Waals surface area (Å²) in [7, 11) is -2.53. The fourth-order valence-corrected chi connectivity index (χ4v) is 6.45. The average molecular weight is 579 g/mol. The van der Waals surface area contributed by atoms with Gasteiger partial charge in [-0.2, -0.15) is 0 Å². The van der Waals surface area contributed by atoms with Gasteiger partial charge in [0.15, 0.2) is 6.10 Å². The first-order valence-electron chi connectivity index (χ1n) is 12.6. The highest BCUT2D eigenvalue weighted by Gasteiger charge is 2.38. The van der Waals surface area contributed by atoms with Gasteiger partial charge in [0.2, 0.25) is 5.13 Å². The van der Waals surface area contributed by atoms with Crippen molar-refractivity contribution in [1.82, 2.24) is 10.2 Å². The Morgan fingerprint density at radius 2 is 1.75 bits per heavy atom. The Bertz CT molecular complexity index is 1640. The van der Waals surface area contributed by atoms with Gasteiger partial charge in [0.25, 0.3) is 15.9 Å². The lowest BCUT2D eigenvalue weighted by Crippen LogP contribution is -2.49. The predicted octanol–water partition coefficient (Wildman–Crippen LogP) is 5.41. The minimum Gasteiger partial charge on any atom is -0.497 e. The number of hydrogen-bond acceptors (Lipinski definition) is 8. The number of carbonyl (C=O) groups is 1. The molecule has 11 heteroatoms. The number of nitrogens with one attached hydrogen (secondary N) is 1. The summed E-state index contributed by atoms with van der Waals surface area (Å²) in [4.78, 5) is 13.4. The van der Waals surface area contributed by atoms with Crippen LogP contribution in [0.5, 0.6) is 11.5 Å². The summed E-state index contributed by atoms with van der Waals surface area (Å²) in [6.45, 7) is 7.92. The van der Waals surface area contributed by atoms with Crippen LogP contribution >= 0.6 is 11.3 Å². The number of fused-ring (bicyclic) bond motifs is 1. The maximum Gasteiger partial charge on any atom is 0.269 e. The highest BCUT2D eigenvalue weighted by Crippen LogP contribution is 2.40. The Balaban J connectivity index is 1.46. The van der Waals surface area contributed by atoms with E-state index in [1.54, 1.807) is 18.2 Å². The molecule has 1 N–H and O–H groups in total. The van der Waals surface area contributed by atoms with Crippen molar-refractivity contribution in [2.75, 3.05) is 23.3 Å². The van der Waals surface area contributed by atoms with Crippen molar-refractivity contribution >= 4 is 38.1 Å². The van der Waals surface area contributed by atoms with Gasteiger partial charge in [-0.05, 0) is 54.3 Å². The maximum atomic E-state index is 13.9. The molecule has 2 heterocycles. The van der Waals surface area contributed by atoms with Crippen LogP contribution in [0.2, 0.25) is 0 Å². The van der Waals surface area contributed by atoms with Crippen molar-refractivity contribution in [3.05, 3.63) is 77.9 Å². The molecule has 0 aliphatic carbocycles. The van der Waals surface area contributed by atoms with E-state index >= 15 is 0 Å². The van der Waals surface area contributed by atoms with Gasteiger partial charge in [0.1, 0.15) is 16.5 Å². The zero-order chi connectivity index (χ0) is 28.7. The second-order valence-corrected chi connectivity index (χ2v) is 13.4. The van der Waals surface area contributed by atoms with E-state index < -0.39 is 22.0 Å². The third kappa shape index (κ3) is 5.52. The molecule has 3 aromatic carbocycles. The smallest absolute Gasteiger partial charge is 0.269 e. The number of aryl methyl sites for hydroxylation is 1. The van der Waals surface area contributed by atoms with E-state index in [0.717, 1.165) is 16.7 Å². The molecule has 0 radical (unpaired) electrons. The second kappa shape index (κ2) is 10.5. The van der Waals surface area contributed by atoms with Gasteiger partial charge in [-0.3, -0.25) is 14.4 Å².